The first-order chi connectivity index (χ1) is 36.0. The van der Waals surface area contributed by atoms with E-state index in [1.54, 1.807) is 72.3 Å². The Morgan fingerprint density at radius 1 is 0.653 bits per heavy atom. The van der Waals surface area contributed by atoms with Crippen molar-refractivity contribution in [3.8, 4) is 28.7 Å². The van der Waals surface area contributed by atoms with Crippen LogP contribution in [-0.4, -0.2) is 113 Å². The number of benzene rings is 4. The maximum absolute atomic E-state index is 13.4. The van der Waals surface area contributed by atoms with Crippen LogP contribution in [0.1, 0.15) is 39.2 Å². The van der Waals surface area contributed by atoms with Gasteiger partial charge < -0.3 is 57.3 Å². The van der Waals surface area contributed by atoms with Gasteiger partial charge in [-0.15, -0.1) is 0 Å². The molecule has 1 N–H and O–H groups in total. The van der Waals surface area contributed by atoms with E-state index < -0.39 is 5.60 Å². The summed E-state index contributed by atoms with van der Waals surface area (Å²) in [5.74, 6) is 3.13. The number of rotatable bonds is 13. The predicted octanol–water partition coefficient (Wildman–Crippen LogP) is 8.85. The Labute approximate surface area is 448 Å². The van der Waals surface area contributed by atoms with Gasteiger partial charge in [0.15, 0.2) is 11.5 Å². The zero-order valence-electron chi connectivity index (χ0n) is 42.6. The van der Waals surface area contributed by atoms with Gasteiger partial charge in [-0.25, -0.2) is 4.79 Å². The van der Waals surface area contributed by atoms with E-state index in [2.05, 4.69) is 4.90 Å². The van der Waals surface area contributed by atoms with Crippen LogP contribution in [0.4, 0.5) is 4.79 Å². The molecule has 2 aliphatic rings. The first kappa shape index (κ1) is 56.0. The molecule has 1 amide bonds. The summed E-state index contributed by atoms with van der Waals surface area (Å²) in [6.45, 7) is 9.97. The second-order valence-electron chi connectivity index (χ2n) is 18.5. The molecule has 0 spiro atoms. The Morgan fingerprint density at radius 2 is 1.12 bits per heavy atom. The van der Waals surface area contributed by atoms with Crippen LogP contribution in [0.2, 0.25) is 15.1 Å². The van der Waals surface area contributed by atoms with E-state index in [0.717, 1.165) is 48.0 Å². The van der Waals surface area contributed by atoms with E-state index in [1.165, 1.54) is 35.5 Å². The van der Waals surface area contributed by atoms with Crippen LogP contribution >= 0.6 is 34.8 Å². The maximum Gasteiger partial charge on any atom is 0.410 e. The Kier molecular flexibility index (Phi) is 18.8. The number of hydrogen-bond acceptors (Lipinski definition) is 13. The first-order valence-electron chi connectivity index (χ1n) is 24.2. The maximum atomic E-state index is 13.4. The van der Waals surface area contributed by atoms with Crippen LogP contribution in [-0.2, 0) is 35.7 Å². The van der Waals surface area contributed by atoms with Crippen LogP contribution in [0.15, 0.2) is 105 Å². The highest BCUT2D eigenvalue weighted by atomic mass is 35.5. The molecule has 9 rings (SSSR count). The molecule has 20 heteroatoms. The number of halogens is 3. The second-order valence-corrected chi connectivity index (χ2v) is 19.7. The number of pyridine rings is 3. The molecular weight excluding hydrogens is 1030 g/mol. The van der Waals surface area contributed by atoms with E-state index >= 15 is 0 Å². The number of likely N-dealkylation sites (tertiary alicyclic amines) is 1. The van der Waals surface area contributed by atoms with E-state index in [4.69, 9.17) is 68.3 Å². The number of piperidine rings is 1. The van der Waals surface area contributed by atoms with Crippen molar-refractivity contribution in [3.05, 3.63) is 143 Å². The minimum absolute atomic E-state index is 0.0210. The van der Waals surface area contributed by atoms with Crippen molar-refractivity contribution in [2.24, 2.45) is 0 Å². The van der Waals surface area contributed by atoms with Crippen LogP contribution in [0.5, 0.6) is 28.7 Å². The van der Waals surface area contributed by atoms with Gasteiger partial charge in [-0.2, -0.15) is 0 Å². The summed E-state index contributed by atoms with van der Waals surface area (Å²) >= 11 is 18.6. The van der Waals surface area contributed by atoms with Gasteiger partial charge in [0.25, 0.3) is 16.7 Å². The molecule has 0 unspecified atom stereocenters. The highest BCUT2D eigenvalue weighted by molar-refractivity contribution is 6.36. The molecular formula is C55H60Cl3N5O12. The summed E-state index contributed by atoms with van der Waals surface area (Å²) in [6.07, 6.45) is 1.94. The van der Waals surface area contributed by atoms with Gasteiger partial charge in [-0.05, 0) is 106 Å². The van der Waals surface area contributed by atoms with Gasteiger partial charge in [-0.1, -0.05) is 40.9 Å². The molecule has 0 radical (unpaired) electrons. The van der Waals surface area contributed by atoms with Gasteiger partial charge in [0.05, 0.1) is 66.1 Å². The number of aliphatic hydroxyl groups is 1. The number of ether oxygens (including phenoxy) is 6. The third-order valence-electron chi connectivity index (χ3n) is 12.6. The topological polar surface area (TPSA) is 182 Å². The second kappa shape index (κ2) is 25.2. The normalized spacial score (nSPS) is 13.6. The summed E-state index contributed by atoms with van der Waals surface area (Å²) in [7, 11) is 4.63. The minimum Gasteiger partial charge on any atom is -0.495 e. The number of hydrogen-bond donors (Lipinski definition) is 1. The van der Waals surface area contributed by atoms with Crippen molar-refractivity contribution in [3.63, 3.8) is 0 Å². The Bertz CT molecular complexity index is 3360. The largest absolute Gasteiger partial charge is 0.495 e. The highest BCUT2D eigenvalue weighted by Gasteiger charge is 2.32. The number of nitrogens with zero attached hydrogens (tertiary/aromatic N) is 5. The average molecular weight is 1090 g/mol. The first-order valence-corrected chi connectivity index (χ1v) is 25.4. The Morgan fingerprint density at radius 3 is 1.59 bits per heavy atom. The standard InChI is InChI=1S/C31H38ClN3O6.C12H12ClNO3.C12H10ClNO3/c1-31(2,3)41-30(37)35(20-21-5-8-25-27(19-21)40-18-17-39-25)22-11-13-33(14-12-22)15-16-34-28(36)10-6-23-24(32)7-9-26(38-4)29(23)34;2*1-17-10-4-3-9(13)8-2-5-11(16)14(6-7-15)12(8)10/h5-10,19,22H,11-18,20H2,1-4H3;2-5,15H,6-7H2,1H3;2-5,7H,6H2,1H3. The summed E-state index contributed by atoms with van der Waals surface area (Å²) in [5.41, 5.74) is 1.68. The van der Waals surface area contributed by atoms with E-state index in [0.29, 0.717) is 99.1 Å². The lowest BCUT2D eigenvalue weighted by Crippen LogP contribution is -2.49. The Hall–Kier alpha value is -6.76. The van der Waals surface area contributed by atoms with Crippen molar-refractivity contribution >= 4 is 79.9 Å². The molecule has 1 fully saturated rings. The predicted molar refractivity (Wildman–Crippen MR) is 291 cm³/mol. The molecule has 0 bridgehead atoms. The lowest BCUT2D eigenvalue weighted by molar-refractivity contribution is -0.108. The fourth-order valence-electron chi connectivity index (χ4n) is 9.10. The Balaban J connectivity index is 0.000000197. The molecule has 0 saturated carbocycles. The molecule has 5 heterocycles. The van der Waals surface area contributed by atoms with Crippen LogP contribution in [0, 0.1) is 0 Å². The summed E-state index contributed by atoms with van der Waals surface area (Å²) < 4.78 is 37.7. The van der Waals surface area contributed by atoms with Gasteiger partial charge in [0.1, 0.15) is 42.3 Å². The van der Waals surface area contributed by atoms with Gasteiger partial charge in [-0.3, -0.25) is 19.0 Å². The number of methoxy groups -OCH3 is 3. The number of aliphatic hydroxyl groups excluding tert-OH is 1. The molecule has 75 heavy (non-hydrogen) atoms. The van der Waals surface area contributed by atoms with Crippen LogP contribution in [0.3, 0.4) is 0 Å². The summed E-state index contributed by atoms with van der Waals surface area (Å²) in [4.78, 5) is 64.5. The van der Waals surface area contributed by atoms with Gasteiger partial charge in [0.2, 0.25) is 0 Å². The smallest absolute Gasteiger partial charge is 0.410 e. The molecule has 4 aromatic carbocycles. The third-order valence-corrected chi connectivity index (χ3v) is 13.6. The van der Waals surface area contributed by atoms with E-state index in [1.807, 2.05) is 43.9 Å². The molecule has 17 nitrogen and oxygen atoms in total. The number of aromatic nitrogens is 3. The minimum atomic E-state index is -0.599. The zero-order valence-corrected chi connectivity index (χ0v) is 44.9. The van der Waals surface area contributed by atoms with Crippen molar-refractivity contribution < 1.29 is 43.1 Å². The number of carbonyl (C=O) groups excluding carboxylic acids is 2. The average Bonchev–Trinajstić information content (AvgIpc) is 3.40. The third kappa shape index (κ3) is 13.2. The van der Waals surface area contributed by atoms with E-state index in [9.17, 15) is 24.0 Å². The van der Waals surface area contributed by atoms with Crippen molar-refractivity contribution in [2.75, 3.05) is 60.8 Å². The summed E-state index contributed by atoms with van der Waals surface area (Å²) in [5, 5.41) is 12.9. The summed E-state index contributed by atoms with van der Waals surface area (Å²) in [6, 6.07) is 25.6. The number of aldehydes is 1. The molecule has 7 aromatic rings. The molecule has 3 aromatic heterocycles. The zero-order chi connectivity index (χ0) is 54.0. The monoisotopic (exact) mass is 1090 g/mol. The highest BCUT2D eigenvalue weighted by Crippen LogP contribution is 2.35. The van der Waals surface area contributed by atoms with Crippen LogP contribution in [0.25, 0.3) is 32.7 Å². The molecule has 0 aliphatic carbocycles. The lowest BCUT2D eigenvalue weighted by Gasteiger charge is -2.39. The SMILES string of the molecule is COc1ccc(Cl)c2ccc(=O)n(CC=O)c12.COc1ccc(Cl)c2ccc(=O)n(CCN3CCC(N(Cc4ccc5c(c4)OCCO5)C(=O)OC(C)(C)C)CC3)c12.COc1ccc(Cl)c2ccc(=O)n(CCO)c12. The molecule has 2 aliphatic heterocycles. The van der Waals surface area contributed by atoms with Gasteiger partial charge in [0, 0.05) is 79.7 Å². The quantitative estimate of drug-likeness (QED) is 0.108. The molecule has 398 valence electrons. The van der Waals surface area contributed by atoms with Crippen molar-refractivity contribution in [1.29, 1.82) is 0 Å². The number of fused-ring (bicyclic) bond motifs is 4. The fourth-order valence-corrected chi connectivity index (χ4v) is 9.75. The molecule has 1 saturated heterocycles. The number of carbonyl (C=O) groups is 2. The fraction of sp³-hybridized carbons (Fsp3) is 0.364. The number of amides is 1. The van der Waals surface area contributed by atoms with Gasteiger partial charge >= 0.3 is 6.09 Å². The van der Waals surface area contributed by atoms with E-state index in [-0.39, 0.29) is 48.5 Å². The van der Waals surface area contributed by atoms with Crippen molar-refractivity contribution in [1.82, 2.24) is 23.5 Å². The lowest BCUT2D eigenvalue weighted by atomic mass is 10.0. The van der Waals surface area contributed by atoms with Crippen molar-refractivity contribution in [2.45, 2.75) is 71.4 Å². The van der Waals surface area contributed by atoms with Crippen LogP contribution < -0.4 is 40.4 Å². The molecule has 0 atom stereocenters.